The first-order valence-electron chi connectivity index (χ1n) is 5.14. The van der Waals surface area contributed by atoms with Gasteiger partial charge < -0.3 is 0 Å². The summed E-state index contributed by atoms with van der Waals surface area (Å²) in [6.45, 7) is 6.20. The van der Waals surface area contributed by atoms with Crippen molar-refractivity contribution < 1.29 is 0 Å². The van der Waals surface area contributed by atoms with Crippen LogP contribution in [0, 0.1) is 0 Å². The van der Waals surface area contributed by atoms with Crippen LogP contribution in [0.1, 0.15) is 26.6 Å². The molecule has 2 aromatic rings. The van der Waals surface area contributed by atoms with Gasteiger partial charge in [0.15, 0.2) is 5.82 Å². The number of tetrazole rings is 1. The number of hydrogen-bond donors (Lipinski definition) is 0. The van der Waals surface area contributed by atoms with E-state index in [1.54, 1.807) is 4.68 Å². The van der Waals surface area contributed by atoms with Gasteiger partial charge in [0.05, 0.1) is 10.7 Å². The third kappa shape index (κ3) is 2.50. The first-order valence-corrected chi connectivity index (χ1v) is 6.31. The Morgan fingerprint density at radius 3 is 2.59 bits per heavy atom. The van der Waals surface area contributed by atoms with E-state index in [1.807, 2.05) is 18.2 Å². The Hall–Kier alpha value is -0.940. The quantitative estimate of drug-likeness (QED) is 0.810. The first-order chi connectivity index (χ1) is 7.89. The SMILES string of the molecule is CC(C)(C)c1nnnn1-c1ccc(Br)c(Cl)c1. The predicted octanol–water partition coefficient (Wildman–Crippen LogP) is 3.38. The molecule has 0 atom stereocenters. The molecule has 0 aliphatic heterocycles. The van der Waals surface area contributed by atoms with E-state index in [1.165, 1.54) is 0 Å². The van der Waals surface area contributed by atoms with Crippen LogP contribution in [0.4, 0.5) is 0 Å². The molecule has 0 aliphatic rings. The van der Waals surface area contributed by atoms with Gasteiger partial charge in [-0.05, 0) is 44.6 Å². The summed E-state index contributed by atoms with van der Waals surface area (Å²) in [7, 11) is 0. The van der Waals surface area contributed by atoms with Gasteiger partial charge in [0.25, 0.3) is 0 Å². The Labute approximate surface area is 113 Å². The van der Waals surface area contributed by atoms with Crippen LogP contribution >= 0.6 is 27.5 Å². The van der Waals surface area contributed by atoms with Crippen LogP contribution in [0.5, 0.6) is 0 Å². The molecule has 1 aromatic heterocycles. The molecule has 4 nitrogen and oxygen atoms in total. The number of benzene rings is 1. The van der Waals surface area contributed by atoms with Gasteiger partial charge in [0.2, 0.25) is 0 Å². The highest BCUT2D eigenvalue weighted by atomic mass is 79.9. The zero-order valence-electron chi connectivity index (χ0n) is 9.78. The lowest BCUT2D eigenvalue weighted by Crippen LogP contribution is -2.18. The van der Waals surface area contributed by atoms with Crippen molar-refractivity contribution in [2.45, 2.75) is 26.2 Å². The number of halogens is 2. The topological polar surface area (TPSA) is 43.6 Å². The first kappa shape index (κ1) is 12.5. The van der Waals surface area contributed by atoms with Crippen molar-refractivity contribution >= 4 is 27.5 Å². The fraction of sp³-hybridized carbons (Fsp3) is 0.364. The number of nitrogens with zero attached hydrogens (tertiary/aromatic N) is 4. The molecule has 0 fully saturated rings. The monoisotopic (exact) mass is 314 g/mol. The molecule has 90 valence electrons. The summed E-state index contributed by atoms with van der Waals surface area (Å²) in [5, 5.41) is 12.4. The summed E-state index contributed by atoms with van der Waals surface area (Å²) >= 11 is 9.43. The molecule has 1 aromatic carbocycles. The maximum absolute atomic E-state index is 6.07. The zero-order chi connectivity index (χ0) is 12.6. The van der Waals surface area contributed by atoms with Crippen LogP contribution in [0.25, 0.3) is 5.69 Å². The molecular formula is C11H12BrClN4. The maximum atomic E-state index is 6.07. The summed E-state index contributed by atoms with van der Waals surface area (Å²) in [6, 6.07) is 5.63. The summed E-state index contributed by atoms with van der Waals surface area (Å²) in [4.78, 5) is 0. The molecule has 2 rings (SSSR count). The molecule has 0 N–H and O–H groups in total. The highest BCUT2D eigenvalue weighted by molar-refractivity contribution is 9.10. The van der Waals surface area contributed by atoms with Gasteiger partial charge in [-0.25, -0.2) is 0 Å². The van der Waals surface area contributed by atoms with Crippen LogP contribution in [0.15, 0.2) is 22.7 Å². The van der Waals surface area contributed by atoms with Gasteiger partial charge in [0, 0.05) is 9.89 Å². The van der Waals surface area contributed by atoms with E-state index in [0.717, 1.165) is 16.0 Å². The summed E-state index contributed by atoms with van der Waals surface area (Å²) in [5.74, 6) is 0.802. The zero-order valence-corrected chi connectivity index (χ0v) is 12.1. The van der Waals surface area contributed by atoms with E-state index in [9.17, 15) is 0 Å². The van der Waals surface area contributed by atoms with Gasteiger partial charge in [-0.15, -0.1) is 5.10 Å². The van der Waals surface area contributed by atoms with Gasteiger partial charge in [0.1, 0.15) is 0 Å². The van der Waals surface area contributed by atoms with Crippen molar-refractivity contribution in [3.63, 3.8) is 0 Å². The van der Waals surface area contributed by atoms with Crippen molar-refractivity contribution in [2.75, 3.05) is 0 Å². The molecule has 0 saturated heterocycles. The lowest BCUT2D eigenvalue weighted by Gasteiger charge is -2.17. The van der Waals surface area contributed by atoms with E-state index in [2.05, 4.69) is 52.2 Å². The Kier molecular flexibility index (Phi) is 3.23. The second-order valence-electron chi connectivity index (χ2n) is 4.76. The second-order valence-corrected chi connectivity index (χ2v) is 6.02. The molecule has 0 bridgehead atoms. The standard InChI is InChI=1S/C11H12BrClN4/c1-11(2,3)10-14-15-16-17(10)7-4-5-8(12)9(13)6-7/h4-6H,1-3H3. The predicted molar refractivity (Wildman–Crippen MR) is 70.6 cm³/mol. The van der Waals surface area contributed by atoms with E-state index in [-0.39, 0.29) is 5.41 Å². The number of aromatic nitrogens is 4. The molecule has 0 unspecified atom stereocenters. The Bertz CT molecular complexity index is 545. The van der Waals surface area contributed by atoms with Crippen molar-refractivity contribution in [3.8, 4) is 5.69 Å². The van der Waals surface area contributed by atoms with E-state index < -0.39 is 0 Å². The van der Waals surface area contributed by atoms with E-state index >= 15 is 0 Å². The van der Waals surface area contributed by atoms with Gasteiger partial charge in [-0.2, -0.15) is 4.68 Å². The molecule has 0 spiro atoms. The third-order valence-electron chi connectivity index (χ3n) is 2.29. The summed E-state index contributed by atoms with van der Waals surface area (Å²) in [5.41, 5.74) is 0.733. The molecular weight excluding hydrogens is 304 g/mol. The van der Waals surface area contributed by atoms with Crippen LogP contribution in [-0.4, -0.2) is 20.2 Å². The average molecular weight is 316 g/mol. The molecule has 0 aliphatic carbocycles. The number of hydrogen-bond acceptors (Lipinski definition) is 3. The highest BCUT2D eigenvalue weighted by Gasteiger charge is 2.22. The van der Waals surface area contributed by atoms with E-state index in [4.69, 9.17) is 11.6 Å². The van der Waals surface area contributed by atoms with Crippen LogP contribution in [0.2, 0.25) is 5.02 Å². The minimum atomic E-state index is -0.122. The molecule has 0 amide bonds. The van der Waals surface area contributed by atoms with Gasteiger partial charge >= 0.3 is 0 Å². The summed E-state index contributed by atoms with van der Waals surface area (Å²) < 4.78 is 2.56. The fourth-order valence-corrected chi connectivity index (χ4v) is 1.87. The lowest BCUT2D eigenvalue weighted by molar-refractivity contribution is 0.526. The maximum Gasteiger partial charge on any atom is 0.162 e. The minimum Gasteiger partial charge on any atom is -0.197 e. The Morgan fingerprint density at radius 2 is 2.00 bits per heavy atom. The molecule has 0 radical (unpaired) electrons. The molecule has 1 heterocycles. The van der Waals surface area contributed by atoms with Crippen molar-refractivity contribution in [3.05, 3.63) is 33.5 Å². The smallest absolute Gasteiger partial charge is 0.162 e. The Morgan fingerprint density at radius 1 is 1.29 bits per heavy atom. The van der Waals surface area contributed by atoms with Crippen LogP contribution in [0.3, 0.4) is 0 Å². The highest BCUT2D eigenvalue weighted by Crippen LogP contribution is 2.27. The van der Waals surface area contributed by atoms with Gasteiger partial charge in [-0.1, -0.05) is 32.4 Å². The largest absolute Gasteiger partial charge is 0.197 e. The van der Waals surface area contributed by atoms with Crippen molar-refractivity contribution in [1.82, 2.24) is 20.2 Å². The average Bonchev–Trinajstić information content (AvgIpc) is 2.70. The normalized spacial score (nSPS) is 11.8. The van der Waals surface area contributed by atoms with Crippen LogP contribution < -0.4 is 0 Å². The van der Waals surface area contributed by atoms with Crippen molar-refractivity contribution in [2.24, 2.45) is 0 Å². The molecule has 0 saturated carbocycles. The van der Waals surface area contributed by atoms with Crippen LogP contribution in [-0.2, 0) is 5.41 Å². The lowest BCUT2D eigenvalue weighted by atomic mass is 9.96. The van der Waals surface area contributed by atoms with E-state index in [0.29, 0.717) is 5.02 Å². The van der Waals surface area contributed by atoms with Gasteiger partial charge in [-0.3, -0.25) is 0 Å². The molecule has 6 heteroatoms. The Balaban J connectivity index is 2.54. The third-order valence-corrected chi connectivity index (χ3v) is 3.52. The summed E-state index contributed by atoms with van der Waals surface area (Å²) in [6.07, 6.45) is 0. The van der Waals surface area contributed by atoms with Crippen molar-refractivity contribution in [1.29, 1.82) is 0 Å². The fourth-order valence-electron chi connectivity index (χ4n) is 1.45. The minimum absolute atomic E-state index is 0.122. The second kappa shape index (κ2) is 4.38. The molecule has 17 heavy (non-hydrogen) atoms. The number of rotatable bonds is 1.